The summed E-state index contributed by atoms with van der Waals surface area (Å²) in [6, 6.07) is 8.75. The number of hydrogen-bond donors (Lipinski definition) is 2. The zero-order chi connectivity index (χ0) is 15.6. The van der Waals surface area contributed by atoms with Crippen molar-refractivity contribution in [2.45, 2.75) is 4.90 Å². The average Bonchev–Trinajstić information content (AvgIpc) is 2.37. The van der Waals surface area contributed by atoms with Crippen LogP contribution in [0, 0.1) is 0 Å². The average molecular weight is 347 g/mol. The standard InChI is InChI=1S/C13H12Cl2N2O3S/c1-20-12-4-2-8(14)6-11(12)17-21(18,19)13-5-3-9(16)7-10(13)15/h2-7,17H,16H2,1H3. The number of halogens is 2. The Labute approximate surface area is 132 Å². The maximum Gasteiger partial charge on any atom is 0.263 e. The fourth-order valence-corrected chi connectivity index (χ4v) is 3.48. The second-order valence-corrected chi connectivity index (χ2v) is 6.63. The summed E-state index contributed by atoms with van der Waals surface area (Å²) >= 11 is 11.8. The van der Waals surface area contributed by atoms with E-state index < -0.39 is 10.0 Å². The second-order valence-electron chi connectivity index (χ2n) is 4.14. The summed E-state index contributed by atoms with van der Waals surface area (Å²) in [5, 5.41) is 0.403. The smallest absolute Gasteiger partial charge is 0.263 e. The molecule has 2 aromatic carbocycles. The number of hydrogen-bond acceptors (Lipinski definition) is 4. The van der Waals surface area contributed by atoms with Gasteiger partial charge in [0.1, 0.15) is 10.6 Å². The Balaban J connectivity index is 2.44. The number of nitrogens with one attached hydrogen (secondary N) is 1. The number of rotatable bonds is 4. The summed E-state index contributed by atoms with van der Waals surface area (Å²) in [7, 11) is -2.46. The van der Waals surface area contributed by atoms with Crippen LogP contribution < -0.4 is 15.2 Å². The Morgan fingerprint density at radius 1 is 1.14 bits per heavy atom. The third-order valence-electron chi connectivity index (χ3n) is 2.65. The van der Waals surface area contributed by atoms with Crippen molar-refractivity contribution in [2.24, 2.45) is 0 Å². The lowest BCUT2D eigenvalue weighted by Gasteiger charge is -2.13. The van der Waals surface area contributed by atoms with E-state index in [4.69, 9.17) is 33.7 Å². The minimum atomic E-state index is -3.89. The van der Waals surface area contributed by atoms with Crippen molar-refractivity contribution in [3.8, 4) is 5.75 Å². The summed E-state index contributed by atoms with van der Waals surface area (Å²) in [4.78, 5) is -0.0830. The number of benzene rings is 2. The normalized spacial score (nSPS) is 11.2. The number of nitrogen functional groups attached to an aromatic ring is 1. The van der Waals surface area contributed by atoms with Crippen LogP contribution >= 0.6 is 23.2 Å². The third-order valence-corrected chi connectivity index (χ3v) is 4.73. The van der Waals surface area contributed by atoms with Crippen LogP contribution in [0.25, 0.3) is 0 Å². The minimum absolute atomic E-state index is 0.0310. The van der Waals surface area contributed by atoms with E-state index in [-0.39, 0.29) is 15.6 Å². The highest BCUT2D eigenvalue weighted by molar-refractivity contribution is 7.92. The van der Waals surface area contributed by atoms with Crippen molar-refractivity contribution in [3.05, 3.63) is 46.4 Å². The lowest BCUT2D eigenvalue weighted by Crippen LogP contribution is -2.14. The molecule has 0 fully saturated rings. The molecule has 0 atom stereocenters. The van der Waals surface area contributed by atoms with Crippen molar-refractivity contribution in [3.63, 3.8) is 0 Å². The predicted octanol–water partition coefficient (Wildman–Crippen LogP) is 3.39. The summed E-state index contributed by atoms with van der Waals surface area (Å²) in [6.45, 7) is 0. The predicted molar refractivity (Wildman–Crippen MR) is 84.7 cm³/mol. The maximum absolute atomic E-state index is 12.4. The Bertz CT molecular complexity index is 779. The molecule has 0 aliphatic heterocycles. The zero-order valence-electron chi connectivity index (χ0n) is 10.9. The van der Waals surface area contributed by atoms with Gasteiger partial charge in [0.15, 0.2) is 0 Å². The molecular weight excluding hydrogens is 335 g/mol. The first kappa shape index (κ1) is 15.8. The zero-order valence-corrected chi connectivity index (χ0v) is 13.3. The Hall–Kier alpha value is -1.63. The van der Waals surface area contributed by atoms with Gasteiger partial charge < -0.3 is 10.5 Å². The van der Waals surface area contributed by atoms with Crippen LogP contribution in [0.3, 0.4) is 0 Å². The van der Waals surface area contributed by atoms with Crippen LogP contribution in [0.5, 0.6) is 5.75 Å². The van der Waals surface area contributed by atoms with Gasteiger partial charge in [-0.25, -0.2) is 8.42 Å². The molecule has 21 heavy (non-hydrogen) atoms. The van der Waals surface area contributed by atoms with E-state index in [9.17, 15) is 8.42 Å². The Morgan fingerprint density at radius 3 is 2.48 bits per heavy atom. The molecule has 0 aromatic heterocycles. The first-order valence-electron chi connectivity index (χ1n) is 5.75. The van der Waals surface area contributed by atoms with Gasteiger partial charge in [0.25, 0.3) is 10.0 Å². The van der Waals surface area contributed by atoms with Gasteiger partial charge in [0.2, 0.25) is 0 Å². The van der Waals surface area contributed by atoms with E-state index in [0.717, 1.165) is 0 Å². The molecule has 5 nitrogen and oxygen atoms in total. The minimum Gasteiger partial charge on any atom is -0.495 e. The highest BCUT2D eigenvalue weighted by atomic mass is 35.5. The molecule has 0 radical (unpaired) electrons. The van der Waals surface area contributed by atoms with Crippen LogP contribution in [-0.2, 0) is 10.0 Å². The molecule has 0 saturated heterocycles. The number of nitrogens with two attached hydrogens (primary N) is 1. The molecule has 0 aliphatic carbocycles. The van der Waals surface area contributed by atoms with E-state index in [0.29, 0.717) is 16.5 Å². The van der Waals surface area contributed by atoms with Gasteiger partial charge in [0, 0.05) is 10.7 Å². The number of anilines is 2. The van der Waals surface area contributed by atoms with E-state index in [2.05, 4.69) is 4.72 Å². The highest BCUT2D eigenvalue weighted by Crippen LogP contribution is 2.31. The van der Waals surface area contributed by atoms with Crippen molar-refractivity contribution in [2.75, 3.05) is 17.6 Å². The lowest BCUT2D eigenvalue weighted by atomic mass is 10.3. The molecule has 0 aliphatic rings. The third kappa shape index (κ3) is 3.53. The van der Waals surface area contributed by atoms with Gasteiger partial charge in [-0.1, -0.05) is 23.2 Å². The van der Waals surface area contributed by atoms with Crippen molar-refractivity contribution < 1.29 is 13.2 Å². The molecule has 0 unspecified atom stereocenters. The van der Waals surface area contributed by atoms with Gasteiger partial charge in [-0.3, -0.25) is 4.72 Å². The SMILES string of the molecule is COc1ccc(Cl)cc1NS(=O)(=O)c1ccc(N)cc1Cl. The molecule has 112 valence electrons. The summed E-state index contributed by atoms with van der Waals surface area (Å²) < 4.78 is 32.2. The van der Waals surface area contributed by atoms with E-state index in [1.54, 1.807) is 12.1 Å². The van der Waals surface area contributed by atoms with Gasteiger partial charge >= 0.3 is 0 Å². The topological polar surface area (TPSA) is 81.4 Å². The van der Waals surface area contributed by atoms with Crippen LogP contribution in [0.4, 0.5) is 11.4 Å². The van der Waals surface area contributed by atoms with Crippen molar-refractivity contribution in [1.29, 1.82) is 0 Å². The van der Waals surface area contributed by atoms with Crippen LogP contribution in [0.2, 0.25) is 10.0 Å². The number of methoxy groups -OCH3 is 1. The first-order chi connectivity index (χ1) is 9.83. The van der Waals surface area contributed by atoms with Crippen LogP contribution in [0.15, 0.2) is 41.3 Å². The van der Waals surface area contributed by atoms with E-state index >= 15 is 0 Å². The molecule has 0 spiro atoms. The monoisotopic (exact) mass is 346 g/mol. The summed E-state index contributed by atoms with van der Waals surface area (Å²) in [5.41, 5.74) is 6.15. The molecule has 3 N–H and O–H groups in total. The number of sulfonamides is 1. The van der Waals surface area contributed by atoms with Crippen molar-refractivity contribution in [1.82, 2.24) is 0 Å². The van der Waals surface area contributed by atoms with Gasteiger partial charge in [-0.15, -0.1) is 0 Å². The van der Waals surface area contributed by atoms with Crippen molar-refractivity contribution >= 4 is 44.6 Å². The number of ether oxygens (including phenoxy) is 1. The van der Waals surface area contributed by atoms with Gasteiger partial charge in [-0.2, -0.15) is 0 Å². The maximum atomic E-state index is 12.4. The van der Waals surface area contributed by atoms with E-state index in [1.165, 1.54) is 31.4 Å². The Kier molecular flexibility index (Phi) is 4.51. The molecular formula is C13H12Cl2N2O3S. The van der Waals surface area contributed by atoms with E-state index in [1.807, 2.05) is 0 Å². The molecule has 2 rings (SSSR count). The fraction of sp³-hybridized carbons (Fsp3) is 0.0769. The fourth-order valence-electron chi connectivity index (χ4n) is 1.69. The molecule has 0 bridgehead atoms. The van der Waals surface area contributed by atoms with Crippen LogP contribution in [-0.4, -0.2) is 15.5 Å². The highest BCUT2D eigenvalue weighted by Gasteiger charge is 2.20. The molecule has 8 heteroatoms. The largest absolute Gasteiger partial charge is 0.495 e. The first-order valence-corrected chi connectivity index (χ1v) is 7.99. The molecule has 0 amide bonds. The van der Waals surface area contributed by atoms with Gasteiger partial charge in [-0.05, 0) is 36.4 Å². The second kappa shape index (κ2) is 6.01. The van der Waals surface area contributed by atoms with Gasteiger partial charge in [0.05, 0.1) is 17.8 Å². The molecule has 0 heterocycles. The molecule has 0 saturated carbocycles. The molecule has 2 aromatic rings. The summed E-state index contributed by atoms with van der Waals surface area (Å²) in [5.74, 6) is 0.342. The lowest BCUT2D eigenvalue weighted by molar-refractivity contribution is 0.417. The quantitative estimate of drug-likeness (QED) is 0.831. The summed E-state index contributed by atoms with van der Waals surface area (Å²) in [6.07, 6.45) is 0. The van der Waals surface area contributed by atoms with Crippen LogP contribution in [0.1, 0.15) is 0 Å². The Morgan fingerprint density at radius 2 is 1.86 bits per heavy atom.